The van der Waals surface area contributed by atoms with Crippen molar-refractivity contribution in [3.63, 3.8) is 0 Å². The van der Waals surface area contributed by atoms with Crippen molar-refractivity contribution in [3.05, 3.63) is 95.6 Å². The molecule has 0 aromatic heterocycles. The summed E-state index contributed by atoms with van der Waals surface area (Å²) < 4.78 is 4.67. The van der Waals surface area contributed by atoms with E-state index < -0.39 is 5.97 Å². The van der Waals surface area contributed by atoms with Crippen molar-refractivity contribution >= 4 is 29.2 Å². The number of benzene rings is 3. The quantitative estimate of drug-likeness (QED) is 0.577. The third kappa shape index (κ3) is 5.78. The Hall–Kier alpha value is -3.93. The molecule has 0 unspecified atom stereocenters. The van der Waals surface area contributed by atoms with Crippen LogP contribution >= 0.6 is 0 Å². The molecule has 0 saturated heterocycles. The Labute approximate surface area is 174 Å². The van der Waals surface area contributed by atoms with Crippen molar-refractivity contribution in [2.24, 2.45) is 0 Å². The molecule has 0 radical (unpaired) electrons. The number of esters is 1. The number of nitrogens with one attached hydrogen (secondary N) is 2. The van der Waals surface area contributed by atoms with Crippen LogP contribution in [0.2, 0.25) is 0 Å². The summed E-state index contributed by atoms with van der Waals surface area (Å²) in [6.07, 6.45) is 1.06. The molecule has 0 heterocycles. The van der Waals surface area contributed by atoms with Crippen LogP contribution in [0.25, 0.3) is 0 Å². The second kappa shape index (κ2) is 10.0. The van der Waals surface area contributed by atoms with Crippen LogP contribution in [-0.2, 0) is 16.0 Å². The minimum Gasteiger partial charge on any atom is -0.465 e. The normalized spacial score (nSPS) is 10.2. The zero-order chi connectivity index (χ0) is 21.3. The van der Waals surface area contributed by atoms with Crippen molar-refractivity contribution in [1.29, 1.82) is 0 Å². The van der Waals surface area contributed by atoms with Crippen LogP contribution in [0.15, 0.2) is 78.9 Å². The van der Waals surface area contributed by atoms with E-state index in [9.17, 15) is 14.4 Å². The molecule has 0 spiro atoms. The summed E-state index contributed by atoms with van der Waals surface area (Å²) in [5.74, 6) is -0.923. The van der Waals surface area contributed by atoms with Gasteiger partial charge in [0.1, 0.15) is 0 Å². The number of methoxy groups -OCH3 is 1. The highest BCUT2D eigenvalue weighted by atomic mass is 16.5. The topological polar surface area (TPSA) is 84.5 Å². The van der Waals surface area contributed by atoms with Gasteiger partial charge in [-0.15, -0.1) is 0 Å². The number of rotatable bonds is 7. The van der Waals surface area contributed by atoms with Crippen molar-refractivity contribution in [1.82, 2.24) is 0 Å². The number of ether oxygens (including phenoxy) is 1. The van der Waals surface area contributed by atoms with Crippen molar-refractivity contribution in [3.8, 4) is 0 Å². The van der Waals surface area contributed by atoms with Crippen LogP contribution in [0.4, 0.5) is 11.4 Å². The van der Waals surface area contributed by atoms with Crippen molar-refractivity contribution in [2.45, 2.75) is 12.8 Å². The Balaban J connectivity index is 1.54. The molecule has 6 nitrogen and oxygen atoms in total. The molecule has 0 aliphatic heterocycles. The summed E-state index contributed by atoms with van der Waals surface area (Å²) in [6.45, 7) is 0. The maximum Gasteiger partial charge on any atom is 0.337 e. The van der Waals surface area contributed by atoms with Gasteiger partial charge in [0, 0.05) is 23.4 Å². The van der Waals surface area contributed by atoms with E-state index in [-0.39, 0.29) is 11.8 Å². The zero-order valence-corrected chi connectivity index (χ0v) is 16.6. The lowest BCUT2D eigenvalue weighted by Gasteiger charge is -2.09. The second-order valence-corrected chi connectivity index (χ2v) is 6.64. The number of amides is 2. The molecule has 0 aliphatic carbocycles. The van der Waals surface area contributed by atoms with Gasteiger partial charge < -0.3 is 15.4 Å². The Kier molecular flexibility index (Phi) is 6.95. The summed E-state index contributed by atoms with van der Waals surface area (Å²) in [5.41, 5.74) is 2.99. The smallest absolute Gasteiger partial charge is 0.337 e. The molecule has 3 aromatic carbocycles. The molecular weight excluding hydrogens is 380 g/mol. The summed E-state index contributed by atoms with van der Waals surface area (Å²) in [4.78, 5) is 36.2. The van der Waals surface area contributed by atoms with E-state index in [0.29, 0.717) is 35.3 Å². The van der Waals surface area contributed by atoms with Gasteiger partial charge in [-0.2, -0.15) is 0 Å². The predicted octanol–water partition coefficient (Wildman–Crippen LogP) is 4.30. The molecular formula is C24H22N2O4. The standard InChI is InChI=1S/C24H22N2O4/c1-30-24(29)19-9-5-8-18(16-19)23(28)26-21-13-11-20(12-14-21)25-22(27)15-10-17-6-3-2-4-7-17/h2-9,11-14,16H,10,15H2,1H3,(H,25,27)(H,26,28). The van der Waals surface area contributed by atoms with E-state index in [1.807, 2.05) is 30.3 Å². The molecule has 152 valence electrons. The number of hydrogen-bond acceptors (Lipinski definition) is 4. The Bertz CT molecular complexity index is 1030. The van der Waals surface area contributed by atoms with Gasteiger partial charge in [-0.25, -0.2) is 4.79 Å². The van der Waals surface area contributed by atoms with Gasteiger partial charge in [0.2, 0.25) is 5.91 Å². The molecule has 30 heavy (non-hydrogen) atoms. The van der Waals surface area contributed by atoms with Crippen LogP contribution < -0.4 is 10.6 Å². The Morgan fingerprint density at radius 2 is 1.40 bits per heavy atom. The number of anilines is 2. The highest BCUT2D eigenvalue weighted by molar-refractivity contribution is 6.05. The molecule has 0 saturated carbocycles. The van der Waals surface area contributed by atoms with Crippen LogP contribution in [0.3, 0.4) is 0 Å². The summed E-state index contributed by atoms with van der Waals surface area (Å²) in [6, 6.07) is 23.0. The van der Waals surface area contributed by atoms with Gasteiger partial charge in [-0.05, 0) is 54.4 Å². The SMILES string of the molecule is COC(=O)c1cccc(C(=O)Nc2ccc(NC(=O)CCc3ccccc3)cc2)c1. The molecule has 6 heteroatoms. The lowest BCUT2D eigenvalue weighted by atomic mass is 10.1. The van der Waals surface area contributed by atoms with E-state index in [1.165, 1.54) is 13.2 Å². The highest BCUT2D eigenvalue weighted by Crippen LogP contribution is 2.16. The fourth-order valence-electron chi connectivity index (χ4n) is 2.87. The molecule has 3 rings (SSSR count). The first kappa shape index (κ1) is 20.8. The van der Waals surface area contributed by atoms with Gasteiger partial charge in [-0.1, -0.05) is 36.4 Å². The largest absolute Gasteiger partial charge is 0.465 e. The van der Waals surface area contributed by atoms with Crippen LogP contribution in [0.5, 0.6) is 0 Å². The number of carbonyl (C=O) groups is 3. The third-order valence-corrected chi connectivity index (χ3v) is 4.46. The maximum atomic E-state index is 12.4. The Morgan fingerprint density at radius 3 is 2.07 bits per heavy atom. The molecule has 2 N–H and O–H groups in total. The monoisotopic (exact) mass is 402 g/mol. The van der Waals surface area contributed by atoms with E-state index in [1.54, 1.807) is 42.5 Å². The average molecular weight is 402 g/mol. The Morgan fingerprint density at radius 1 is 0.767 bits per heavy atom. The van der Waals surface area contributed by atoms with Crippen molar-refractivity contribution < 1.29 is 19.1 Å². The second-order valence-electron chi connectivity index (χ2n) is 6.64. The average Bonchev–Trinajstić information content (AvgIpc) is 2.79. The molecule has 2 amide bonds. The zero-order valence-electron chi connectivity index (χ0n) is 16.6. The van der Waals surface area contributed by atoms with Crippen molar-refractivity contribution in [2.75, 3.05) is 17.7 Å². The van der Waals surface area contributed by atoms with Crippen LogP contribution in [0, 0.1) is 0 Å². The molecule has 3 aromatic rings. The minimum atomic E-state index is -0.503. The first-order valence-corrected chi connectivity index (χ1v) is 9.49. The lowest BCUT2D eigenvalue weighted by Crippen LogP contribution is -2.14. The number of hydrogen-bond donors (Lipinski definition) is 2. The predicted molar refractivity (Wildman–Crippen MR) is 116 cm³/mol. The van der Waals surface area contributed by atoms with Crippen LogP contribution in [0.1, 0.15) is 32.7 Å². The molecule has 0 fully saturated rings. The summed E-state index contributed by atoms with van der Waals surface area (Å²) in [7, 11) is 1.29. The first-order chi connectivity index (χ1) is 14.5. The summed E-state index contributed by atoms with van der Waals surface area (Å²) in [5, 5.41) is 5.61. The molecule has 0 bridgehead atoms. The van der Waals surface area contributed by atoms with Gasteiger partial charge in [0.05, 0.1) is 12.7 Å². The number of aryl methyl sites for hydroxylation is 1. The lowest BCUT2D eigenvalue weighted by molar-refractivity contribution is -0.116. The fraction of sp³-hybridized carbons (Fsp3) is 0.125. The van der Waals surface area contributed by atoms with Gasteiger partial charge >= 0.3 is 5.97 Å². The van der Waals surface area contributed by atoms with Gasteiger partial charge in [-0.3, -0.25) is 9.59 Å². The molecule has 0 atom stereocenters. The van der Waals surface area contributed by atoms with Gasteiger partial charge in [0.25, 0.3) is 5.91 Å². The number of carbonyl (C=O) groups excluding carboxylic acids is 3. The molecule has 0 aliphatic rings. The maximum absolute atomic E-state index is 12.4. The van der Waals surface area contributed by atoms with Crippen LogP contribution in [-0.4, -0.2) is 24.9 Å². The minimum absolute atomic E-state index is 0.0738. The summed E-state index contributed by atoms with van der Waals surface area (Å²) >= 11 is 0. The fourth-order valence-corrected chi connectivity index (χ4v) is 2.87. The van der Waals surface area contributed by atoms with E-state index in [0.717, 1.165) is 5.56 Å². The van der Waals surface area contributed by atoms with Gasteiger partial charge in [0.15, 0.2) is 0 Å². The van der Waals surface area contributed by atoms with E-state index >= 15 is 0 Å². The third-order valence-electron chi connectivity index (χ3n) is 4.46. The highest BCUT2D eigenvalue weighted by Gasteiger charge is 2.11. The first-order valence-electron chi connectivity index (χ1n) is 9.49. The van der Waals surface area contributed by atoms with E-state index in [4.69, 9.17) is 0 Å². The van der Waals surface area contributed by atoms with E-state index in [2.05, 4.69) is 15.4 Å².